The van der Waals surface area contributed by atoms with E-state index in [1.54, 1.807) is 36.4 Å². The molecule has 2 aromatic rings. The minimum atomic E-state index is -3.95. The van der Waals surface area contributed by atoms with E-state index in [2.05, 4.69) is 0 Å². The molecule has 5 nitrogen and oxygen atoms in total. The van der Waals surface area contributed by atoms with Crippen LogP contribution in [0.1, 0.15) is 5.56 Å². The Morgan fingerprint density at radius 1 is 1.13 bits per heavy atom. The van der Waals surface area contributed by atoms with E-state index in [-0.39, 0.29) is 10.6 Å². The molecule has 0 saturated carbocycles. The van der Waals surface area contributed by atoms with Crippen molar-refractivity contribution in [2.24, 2.45) is 0 Å². The van der Waals surface area contributed by atoms with Crippen molar-refractivity contribution in [2.45, 2.75) is 11.8 Å². The highest BCUT2D eigenvalue weighted by atomic mass is 35.5. The summed E-state index contributed by atoms with van der Waals surface area (Å²) in [7, 11) is -2.52. The van der Waals surface area contributed by atoms with Gasteiger partial charge in [-0.3, -0.25) is 9.10 Å². The molecular formula is C16H16ClNO4S. The van der Waals surface area contributed by atoms with Crippen molar-refractivity contribution in [1.82, 2.24) is 0 Å². The van der Waals surface area contributed by atoms with E-state index >= 15 is 0 Å². The second-order valence-electron chi connectivity index (χ2n) is 4.85. The standard InChI is InChI=1S/C16H16ClNO4S/c1-12-7-9-13(10-8-12)23(20,21)18(11-16(17)19)14-5-3-4-6-15(14)22-2/h3-10H,11H2,1-2H3. The summed E-state index contributed by atoms with van der Waals surface area (Å²) in [5.74, 6) is 0.334. The molecule has 2 aromatic carbocycles. The maximum Gasteiger partial charge on any atom is 0.264 e. The molecule has 0 aliphatic rings. The van der Waals surface area contributed by atoms with Crippen molar-refractivity contribution in [3.8, 4) is 5.75 Å². The van der Waals surface area contributed by atoms with Crippen molar-refractivity contribution in [2.75, 3.05) is 18.0 Å². The fraction of sp³-hybridized carbons (Fsp3) is 0.188. The van der Waals surface area contributed by atoms with Crippen LogP contribution in [-0.4, -0.2) is 27.3 Å². The molecule has 0 atom stereocenters. The predicted molar refractivity (Wildman–Crippen MR) is 89.6 cm³/mol. The Hall–Kier alpha value is -2.05. The highest BCUT2D eigenvalue weighted by molar-refractivity contribution is 7.92. The van der Waals surface area contributed by atoms with Gasteiger partial charge >= 0.3 is 0 Å². The number of hydrogen-bond acceptors (Lipinski definition) is 4. The highest BCUT2D eigenvalue weighted by Crippen LogP contribution is 2.32. The van der Waals surface area contributed by atoms with Gasteiger partial charge in [-0.05, 0) is 42.8 Å². The first kappa shape index (κ1) is 17.3. The summed E-state index contributed by atoms with van der Waals surface area (Å²) in [5, 5.41) is -0.786. The van der Waals surface area contributed by atoms with Crippen molar-refractivity contribution in [3.63, 3.8) is 0 Å². The molecule has 0 fully saturated rings. The summed E-state index contributed by atoms with van der Waals surface area (Å²) in [6.07, 6.45) is 0. The third-order valence-corrected chi connectivity index (χ3v) is 5.12. The van der Waals surface area contributed by atoms with Crippen molar-refractivity contribution in [1.29, 1.82) is 0 Å². The number of hydrogen-bond donors (Lipinski definition) is 0. The van der Waals surface area contributed by atoms with Crippen LogP contribution in [0.2, 0.25) is 0 Å². The lowest BCUT2D eigenvalue weighted by Crippen LogP contribution is -2.34. The third-order valence-electron chi connectivity index (χ3n) is 3.23. The highest BCUT2D eigenvalue weighted by Gasteiger charge is 2.28. The van der Waals surface area contributed by atoms with Crippen molar-refractivity contribution >= 4 is 32.6 Å². The van der Waals surface area contributed by atoms with Crippen molar-refractivity contribution < 1.29 is 17.9 Å². The van der Waals surface area contributed by atoms with E-state index in [1.165, 1.54) is 19.2 Å². The molecule has 0 bridgehead atoms. The largest absolute Gasteiger partial charge is 0.495 e. The Morgan fingerprint density at radius 2 is 1.74 bits per heavy atom. The fourth-order valence-electron chi connectivity index (χ4n) is 2.09. The van der Waals surface area contributed by atoms with Crippen LogP contribution < -0.4 is 9.04 Å². The minimum Gasteiger partial charge on any atom is -0.495 e. The minimum absolute atomic E-state index is 0.0759. The Kier molecular flexibility index (Phi) is 5.28. The average Bonchev–Trinajstić information content (AvgIpc) is 2.52. The van der Waals surface area contributed by atoms with Gasteiger partial charge < -0.3 is 4.74 Å². The summed E-state index contributed by atoms with van der Waals surface area (Å²) < 4.78 is 32.0. The van der Waals surface area contributed by atoms with Gasteiger partial charge in [0, 0.05) is 0 Å². The Bertz CT molecular complexity index is 803. The molecule has 0 saturated heterocycles. The van der Waals surface area contributed by atoms with Crippen molar-refractivity contribution in [3.05, 3.63) is 54.1 Å². The van der Waals surface area contributed by atoms with Gasteiger partial charge in [0.25, 0.3) is 10.0 Å². The molecule has 0 radical (unpaired) electrons. The van der Waals surface area contributed by atoms with E-state index in [1.807, 2.05) is 6.92 Å². The molecule has 122 valence electrons. The zero-order chi connectivity index (χ0) is 17.0. The monoisotopic (exact) mass is 353 g/mol. The van der Waals surface area contributed by atoms with Crippen LogP contribution in [-0.2, 0) is 14.8 Å². The second kappa shape index (κ2) is 7.02. The SMILES string of the molecule is COc1ccccc1N(CC(=O)Cl)S(=O)(=O)c1ccc(C)cc1. The predicted octanol–water partition coefficient (Wildman–Crippen LogP) is 2.96. The topological polar surface area (TPSA) is 63.7 Å². The molecule has 0 heterocycles. The molecule has 7 heteroatoms. The number of aryl methyl sites for hydroxylation is 1. The summed E-state index contributed by atoms with van der Waals surface area (Å²) >= 11 is 5.45. The van der Waals surface area contributed by atoms with Gasteiger partial charge in [-0.15, -0.1) is 0 Å². The zero-order valence-corrected chi connectivity index (χ0v) is 14.3. The second-order valence-corrected chi connectivity index (χ2v) is 7.14. The molecule has 0 aliphatic heterocycles. The van der Waals surface area contributed by atoms with Crippen LogP contribution in [0.4, 0.5) is 5.69 Å². The van der Waals surface area contributed by atoms with Crippen LogP contribution in [0.3, 0.4) is 0 Å². The first-order valence-electron chi connectivity index (χ1n) is 6.77. The maximum atomic E-state index is 12.9. The van der Waals surface area contributed by atoms with Gasteiger partial charge in [0.15, 0.2) is 0 Å². The van der Waals surface area contributed by atoms with E-state index in [0.29, 0.717) is 5.75 Å². The van der Waals surface area contributed by atoms with E-state index in [9.17, 15) is 13.2 Å². The quantitative estimate of drug-likeness (QED) is 0.749. The fourth-order valence-corrected chi connectivity index (χ4v) is 3.71. The van der Waals surface area contributed by atoms with Crippen LogP contribution in [0, 0.1) is 6.92 Å². The first-order chi connectivity index (χ1) is 10.9. The Morgan fingerprint density at radius 3 is 2.30 bits per heavy atom. The number of carbonyl (C=O) groups excluding carboxylic acids is 1. The molecule has 0 amide bonds. The van der Waals surface area contributed by atoms with Gasteiger partial charge in [-0.2, -0.15) is 0 Å². The maximum absolute atomic E-state index is 12.9. The van der Waals surface area contributed by atoms with Gasteiger partial charge in [0.1, 0.15) is 12.3 Å². The van der Waals surface area contributed by atoms with Gasteiger partial charge in [0.05, 0.1) is 17.7 Å². The number of rotatable bonds is 6. The number of anilines is 1. The van der Waals surface area contributed by atoms with E-state index in [4.69, 9.17) is 16.3 Å². The van der Waals surface area contributed by atoms with E-state index < -0.39 is 21.8 Å². The molecule has 0 unspecified atom stereocenters. The van der Waals surface area contributed by atoms with Crippen LogP contribution >= 0.6 is 11.6 Å². The molecule has 0 aromatic heterocycles. The summed E-state index contributed by atoms with van der Waals surface area (Å²) in [6, 6.07) is 12.9. The molecule has 2 rings (SSSR count). The van der Waals surface area contributed by atoms with Gasteiger partial charge in [-0.1, -0.05) is 29.8 Å². The number of para-hydroxylation sites is 2. The number of sulfonamides is 1. The molecule has 0 aliphatic carbocycles. The molecule has 0 N–H and O–H groups in total. The summed E-state index contributed by atoms with van der Waals surface area (Å²) in [4.78, 5) is 11.5. The smallest absolute Gasteiger partial charge is 0.264 e. The first-order valence-corrected chi connectivity index (χ1v) is 8.59. The van der Waals surface area contributed by atoms with Crippen LogP contribution in [0.5, 0.6) is 5.75 Å². The van der Waals surface area contributed by atoms with Crippen LogP contribution in [0.25, 0.3) is 0 Å². The summed E-state index contributed by atoms with van der Waals surface area (Å²) in [6.45, 7) is 1.37. The third kappa shape index (κ3) is 3.83. The number of nitrogens with zero attached hydrogens (tertiary/aromatic N) is 1. The number of ether oxygens (including phenoxy) is 1. The number of halogens is 1. The summed E-state index contributed by atoms with van der Waals surface area (Å²) in [5.41, 5.74) is 1.19. The Balaban J connectivity index is 2.58. The average molecular weight is 354 g/mol. The van der Waals surface area contributed by atoms with Gasteiger partial charge in [-0.25, -0.2) is 8.42 Å². The lowest BCUT2D eigenvalue weighted by molar-refractivity contribution is -0.110. The lowest BCUT2D eigenvalue weighted by atomic mass is 10.2. The number of carbonyl (C=O) groups is 1. The number of methoxy groups -OCH3 is 1. The molecule has 23 heavy (non-hydrogen) atoms. The van der Waals surface area contributed by atoms with Crippen LogP contribution in [0.15, 0.2) is 53.4 Å². The zero-order valence-electron chi connectivity index (χ0n) is 12.7. The molecular weight excluding hydrogens is 338 g/mol. The molecule has 0 spiro atoms. The van der Waals surface area contributed by atoms with E-state index in [0.717, 1.165) is 9.87 Å². The Labute approximate surface area is 140 Å². The normalized spacial score (nSPS) is 11.1. The lowest BCUT2D eigenvalue weighted by Gasteiger charge is -2.24. The van der Waals surface area contributed by atoms with Gasteiger partial charge in [0.2, 0.25) is 5.24 Å². The number of benzene rings is 2.